The highest BCUT2D eigenvalue weighted by Crippen LogP contribution is 2.18. The average Bonchev–Trinajstić information content (AvgIpc) is 3.09. The molecule has 0 spiro atoms. The van der Waals surface area contributed by atoms with Crippen LogP contribution in [0.2, 0.25) is 0 Å². The van der Waals surface area contributed by atoms with E-state index in [2.05, 4.69) is 10.2 Å². The van der Waals surface area contributed by atoms with Gasteiger partial charge in [0.25, 0.3) is 0 Å². The summed E-state index contributed by atoms with van der Waals surface area (Å²) >= 11 is 0. The minimum absolute atomic E-state index is 0.0662. The van der Waals surface area contributed by atoms with Crippen molar-refractivity contribution in [3.63, 3.8) is 0 Å². The Labute approximate surface area is 134 Å². The van der Waals surface area contributed by atoms with Crippen molar-refractivity contribution in [2.24, 2.45) is 0 Å². The summed E-state index contributed by atoms with van der Waals surface area (Å²) in [4.78, 5) is 12.1. The van der Waals surface area contributed by atoms with Crippen LogP contribution in [0.3, 0.4) is 0 Å². The molecule has 4 heteroatoms. The van der Waals surface area contributed by atoms with Crippen LogP contribution in [0, 0.1) is 0 Å². The first-order valence-corrected chi connectivity index (χ1v) is 7.23. The summed E-state index contributed by atoms with van der Waals surface area (Å²) in [6.07, 6.45) is 3.26. The number of carbonyl (C=O) groups excluding carboxylic acids is 1. The number of H-pyrrole nitrogens is 1. The summed E-state index contributed by atoms with van der Waals surface area (Å²) < 4.78 is 5.08. The van der Waals surface area contributed by atoms with Crippen molar-refractivity contribution < 1.29 is 9.53 Å². The van der Waals surface area contributed by atoms with Crippen LogP contribution >= 0.6 is 0 Å². The Morgan fingerprint density at radius 3 is 2.52 bits per heavy atom. The van der Waals surface area contributed by atoms with E-state index in [4.69, 9.17) is 4.74 Å². The van der Waals surface area contributed by atoms with Crippen LogP contribution in [0.4, 0.5) is 0 Å². The molecule has 0 aliphatic rings. The molecule has 0 bridgehead atoms. The lowest BCUT2D eigenvalue weighted by atomic mass is 10.1. The van der Waals surface area contributed by atoms with Crippen molar-refractivity contribution in [2.45, 2.75) is 0 Å². The Morgan fingerprint density at radius 2 is 1.83 bits per heavy atom. The molecule has 0 aliphatic carbocycles. The van der Waals surface area contributed by atoms with Crippen molar-refractivity contribution in [3.05, 3.63) is 78.0 Å². The van der Waals surface area contributed by atoms with Crippen molar-refractivity contribution in [1.82, 2.24) is 10.2 Å². The number of ketones is 1. The van der Waals surface area contributed by atoms with Gasteiger partial charge in [-0.1, -0.05) is 30.3 Å². The van der Waals surface area contributed by atoms with E-state index in [-0.39, 0.29) is 5.78 Å². The Bertz CT molecular complexity index is 818. The van der Waals surface area contributed by atoms with Gasteiger partial charge in [-0.2, -0.15) is 5.10 Å². The number of hydrogen-bond donors (Lipinski definition) is 1. The molecule has 2 aromatic carbocycles. The minimum Gasteiger partial charge on any atom is -0.497 e. The topological polar surface area (TPSA) is 55.0 Å². The van der Waals surface area contributed by atoms with Crippen LogP contribution in [0.15, 0.2) is 66.7 Å². The molecular formula is C19H16N2O2. The molecule has 114 valence electrons. The van der Waals surface area contributed by atoms with Gasteiger partial charge in [0.15, 0.2) is 5.78 Å². The average molecular weight is 304 g/mol. The largest absolute Gasteiger partial charge is 0.497 e. The van der Waals surface area contributed by atoms with Gasteiger partial charge in [0.2, 0.25) is 0 Å². The minimum atomic E-state index is -0.0662. The number of rotatable bonds is 5. The maximum Gasteiger partial charge on any atom is 0.185 e. The predicted octanol–water partition coefficient (Wildman–Crippen LogP) is 3.98. The second-order valence-electron chi connectivity index (χ2n) is 5.00. The first-order chi connectivity index (χ1) is 11.3. The van der Waals surface area contributed by atoms with E-state index in [1.54, 1.807) is 37.5 Å². The summed E-state index contributed by atoms with van der Waals surface area (Å²) in [5.74, 6) is 0.662. The number of nitrogens with one attached hydrogen (secondary N) is 1. The fraction of sp³-hybridized carbons (Fsp3) is 0.0526. The lowest BCUT2D eigenvalue weighted by Crippen LogP contribution is -1.94. The Kier molecular flexibility index (Phi) is 4.34. The smallest absolute Gasteiger partial charge is 0.185 e. The van der Waals surface area contributed by atoms with Gasteiger partial charge in [0, 0.05) is 11.1 Å². The molecule has 0 saturated heterocycles. The molecular weight excluding hydrogens is 288 g/mol. The number of nitrogens with zero attached hydrogens (tertiary/aromatic N) is 1. The van der Waals surface area contributed by atoms with Gasteiger partial charge in [-0.05, 0) is 42.5 Å². The van der Waals surface area contributed by atoms with Gasteiger partial charge in [-0.25, -0.2) is 0 Å². The second-order valence-corrected chi connectivity index (χ2v) is 5.00. The number of ether oxygens (including phenoxy) is 1. The number of carbonyl (C=O) groups is 1. The van der Waals surface area contributed by atoms with E-state index in [1.165, 1.54) is 6.08 Å². The summed E-state index contributed by atoms with van der Waals surface area (Å²) in [6, 6.07) is 18.8. The SMILES string of the molecule is COc1ccc(C(=O)/C=C/c2cc(-c3ccccc3)n[nH]2)cc1. The molecule has 4 nitrogen and oxygen atoms in total. The molecule has 0 atom stereocenters. The highest BCUT2D eigenvalue weighted by molar-refractivity contribution is 6.06. The number of aromatic nitrogens is 2. The molecule has 1 heterocycles. The lowest BCUT2D eigenvalue weighted by molar-refractivity contribution is 0.104. The fourth-order valence-electron chi connectivity index (χ4n) is 2.20. The van der Waals surface area contributed by atoms with Crippen LogP contribution in [0.5, 0.6) is 5.75 Å². The zero-order chi connectivity index (χ0) is 16.1. The van der Waals surface area contributed by atoms with Gasteiger partial charge in [-0.15, -0.1) is 0 Å². The zero-order valence-corrected chi connectivity index (χ0v) is 12.7. The normalized spacial score (nSPS) is 10.8. The molecule has 0 radical (unpaired) electrons. The Hall–Kier alpha value is -3.14. The van der Waals surface area contributed by atoms with Gasteiger partial charge in [0.1, 0.15) is 5.75 Å². The van der Waals surface area contributed by atoms with Crippen LogP contribution in [-0.2, 0) is 0 Å². The molecule has 1 N–H and O–H groups in total. The third-order valence-corrected chi connectivity index (χ3v) is 3.46. The number of allylic oxidation sites excluding steroid dienone is 1. The van der Waals surface area contributed by atoms with E-state index in [0.717, 1.165) is 22.7 Å². The predicted molar refractivity (Wildman–Crippen MR) is 90.4 cm³/mol. The van der Waals surface area contributed by atoms with E-state index < -0.39 is 0 Å². The van der Waals surface area contributed by atoms with Crippen molar-refractivity contribution in [1.29, 1.82) is 0 Å². The molecule has 3 aromatic rings. The second kappa shape index (κ2) is 6.75. The van der Waals surface area contributed by atoms with Gasteiger partial charge in [-0.3, -0.25) is 9.89 Å². The quantitative estimate of drug-likeness (QED) is 0.573. The Morgan fingerprint density at radius 1 is 1.09 bits per heavy atom. The van der Waals surface area contributed by atoms with E-state index >= 15 is 0 Å². The maximum absolute atomic E-state index is 12.1. The van der Waals surface area contributed by atoms with Crippen LogP contribution in [0.25, 0.3) is 17.3 Å². The molecule has 0 aliphatic heterocycles. The molecule has 3 rings (SSSR count). The highest BCUT2D eigenvalue weighted by Gasteiger charge is 2.04. The van der Waals surface area contributed by atoms with Gasteiger partial charge < -0.3 is 4.74 Å². The first-order valence-electron chi connectivity index (χ1n) is 7.23. The molecule has 0 saturated carbocycles. The summed E-state index contributed by atoms with van der Waals surface area (Å²) in [6.45, 7) is 0. The van der Waals surface area contributed by atoms with Crippen LogP contribution < -0.4 is 4.74 Å². The maximum atomic E-state index is 12.1. The third-order valence-electron chi connectivity index (χ3n) is 3.46. The standard InChI is InChI=1S/C19H16N2O2/c1-23-17-10-7-15(8-11-17)19(22)12-9-16-13-18(21-20-16)14-5-3-2-4-6-14/h2-13H,1H3,(H,20,21)/b12-9+. The molecule has 0 fully saturated rings. The van der Waals surface area contributed by atoms with Crippen LogP contribution in [-0.4, -0.2) is 23.1 Å². The lowest BCUT2D eigenvalue weighted by Gasteiger charge is -1.99. The van der Waals surface area contributed by atoms with Crippen molar-refractivity contribution >= 4 is 11.9 Å². The zero-order valence-electron chi connectivity index (χ0n) is 12.7. The molecule has 0 amide bonds. The summed E-state index contributed by atoms with van der Waals surface area (Å²) in [5.41, 5.74) is 3.28. The van der Waals surface area contributed by atoms with Crippen molar-refractivity contribution in [3.8, 4) is 17.0 Å². The first kappa shape index (κ1) is 14.8. The van der Waals surface area contributed by atoms with Crippen LogP contribution in [0.1, 0.15) is 16.1 Å². The summed E-state index contributed by atoms with van der Waals surface area (Å²) in [7, 11) is 1.60. The third kappa shape index (κ3) is 3.55. The van der Waals surface area contributed by atoms with E-state index in [0.29, 0.717) is 5.56 Å². The molecule has 0 unspecified atom stereocenters. The number of benzene rings is 2. The molecule has 23 heavy (non-hydrogen) atoms. The number of methoxy groups -OCH3 is 1. The van der Waals surface area contributed by atoms with Crippen molar-refractivity contribution in [2.75, 3.05) is 7.11 Å². The molecule has 1 aromatic heterocycles. The Balaban J connectivity index is 1.72. The van der Waals surface area contributed by atoms with E-state index in [1.807, 2.05) is 36.4 Å². The van der Waals surface area contributed by atoms with Gasteiger partial charge >= 0.3 is 0 Å². The van der Waals surface area contributed by atoms with E-state index in [9.17, 15) is 4.79 Å². The van der Waals surface area contributed by atoms with Gasteiger partial charge in [0.05, 0.1) is 18.5 Å². The fourth-order valence-corrected chi connectivity index (χ4v) is 2.20. The number of aromatic amines is 1. The monoisotopic (exact) mass is 304 g/mol. The summed E-state index contributed by atoms with van der Waals surface area (Å²) in [5, 5.41) is 7.18. The number of hydrogen-bond acceptors (Lipinski definition) is 3. The highest BCUT2D eigenvalue weighted by atomic mass is 16.5.